The quantitative estimate of drug-likeness (QED) is 0.392. The molecule has 136 valence electrons. The zero-order chi connectivity index (χ0) is 18.5. The zero-order valence-electron chi connectivity index (χ0n) is 15.9. The molecule has 1 aliphatic rings. The summed E-state index contributed by atoms with van der Waals surface area (Å²) in [5.41, 5.74) is 0.497. The summed E-state index contributed by atoms with van der Waals surface area (Å²) in [4.78, 5) is 22.8. The molecule has 0 saturated heterocycles. The van der Waals surface area contributed by atoms with Gasteiger partial charge in [0.05, 0.1) is 12.1 Å². The van der Waals surface area contributed by atoms with Gasteiger partial charge in [-0.2, -0.15) is 0 Å². The Morgan fingerprint density at radius 1 is 1.17 bits per heavy atom. The Balaban J connectivity index is 2.44. The number of carbonyl (C=O) groups excluding carboxylic acids is 1. The smallest absolute Gasteiger partial charge is 0.306 e. The van der Waals surface area contributed by atoms with Gasteiger partial charge in [0, 0.05) is 11.6 Å². The first-order valence-corrected chi connectivity index (χ1v) is 8.74. The summed E-state index contributed by atoms with van der Waals surface area (Å²) >= 11 is 0. The average molecular weight is 336 g/mol. The van der Waals surface area contributed by atoms with Gasteiger partial charge in [-0.3, -0.25) is 4.79 Å². The molecule has 0 amide bonds. The van der Waals surface area contributed by atoms with Crippen LogP contribution in [0, 0.1) is 27.6 Å². The van der Waals surface area contributed by atoms with Crippen molar-refractivity contribution < 1.29 is 9.53 Å². The molecule has 24 heavy (non-hydrogen) atoms. The van der Waals surface area contributed by atoms with Crippen molar-refractivity contribution in [1.29, 1.82) is 5.41 Å². The van der Waals surface area contributed by atoms with Gasteiger partial charge >= 0.3 is 5.97 Å². The lowest BCUT2D eigenvalue weighted by atomic mass is 9.67. The van der Waals surface area contributed by atoms with Gasteiger partial charge < -0.3 is 10.1 Å². The average Bonchev–Trinajstić information content (AvgIpc) is 2.35. The number of allylic oxidation sites excluding steroid dienone is 2. The van der Waals surface area contributed by atoms with Crippen molar-refractivity contribution >= 4 is 11.7 Å². The molecule has 5 heteroatoms. The highest BCUT2D eigenvalue weighted by Crippen LogP contribution is 2.44. The van der Waals surface area contributed by atoms with Gasteiger partial charge in [-0.05, 0) is 69.0 Å². The maximum atomic E-state index is 11.7. The van der Waals surface area contributed by atoms with Crippen LogP contribution in [-0.4, -0.2) is 17.3 Å². The number of ether oxygens (including phenoxy) is 1. The molecule has 0 aliphatic heterocycles. The predicted octanol–water partition coefficient (Wildman–Crippen LogP) is 5.24. The number of hydrogen-bond donors (Lipinski definition) is 1. The first-order chi connectivity index (χ1) is 10.9. The summed E-state index contributed by atoms with van der Waals surface area (Å²) < 4.78 is 5.22. The third kappa shape index (κ3) is 7.84. The van der Waals surface area contributed by atoms with E-state index in [9.17, 15) is 9.70 Å². The Labute approximate surface area is 145 Å². The van der Waals surface area contributed by atoms with E-state index in [4.69, 9.17) is 10.1 Å². The van der Waals surface area contributed by atoms with Crippen LogP contribution < -0.4 is 0 Å². The predicted molar refractivity (Wildman–Crippen MR) is 97.0 cm³/mol. The Morgan fingerprint density at radius 3 is 2.21 bits per heavy atom. The van der Waals surface area contributed by atoms with Crippen molar-refractivity contribution in [1.82, 2.24) is 0 Å². The Bertz CT molecular complexity index is 504. The van der Waals surface area contributed by atoms with E-state index in [-0.39, 0.29) is 30.4 Å². The van der Waals surface area contributed by atoms with E-state index in [1.54, 1.807) is 0 Å². The summed E-state index contributed by atoms with van der Waals surface area (Å²) in [6.07, 6.45) is 5.03. The van der Waals surface area contributed by atoms with E-state index >= 15 is 0 Å². The van der Waals surface area contributed by atoms with E-state index in [1.807, 2.05) is 20.8 Å². The first-order valence-electron chi connectivity index (χ1n) is 8.74. The van der Waals surface area contributed by atoms with Gasteiger partial charge in [0.25, 0.3) is 0 Å². The largest absolute Gasteiger partial charge is 0.460 e. The van der Waals surface area contributed by atoms with Crippen LogP contribution in [0.15, 0.2) is 16.9 Å². The van der Waals surface area contributed by atoms with Crippen LogP contribution in [0.4, 0.5) is 0 Å². The second-order valence-corrected chi connectivity index (χ2v) is 9.07. The van der Waals surface area contributed by atoms with Gasteiger partial charge in [-0.25, -0.2) is 0 Å². The number of hydrogen-bond acceptors (Lipinski definition) is 5. The first kappa shape index (κ1) is 20.5. The highest BCUT2D eigenvalue weighted by atomic mass is 16.6. The van der Waals surface area contributed by atoms with Crippen molar-refractivity contribution in [3.05, 3.63) is 16.7 Å². The highest BCUT2D eigenvalue weighted by Gasteiger charge is 2.34. The van der Waals surface area contributed by atoms with E-state index in [1.165, 1.54) is 6.08 Å². The summed E-state index contributed by atoms with van der Waals surface area (Å²) in [6, 6.07) is 0. The number of nitrogens with one attached hydrogen (secondary N) is 1. The van der Waals surface area contributed by atoms with E-state index in [0.29, 0.717) is 17.0 Å². The van der Waals surface area contributed by atoms with Crippen LogP contribution in [0.1, 0.15) is 73.6 Å². The van der Waals surface area contributed by atoms with Crippen molar-refractivity contribution in [2.75, 3.05) is 0 Å². The summed E-state index contributed by atoms with van der Waals surface area (Å²) in [5, 5.41) is 11.1. The minimum absolute atomic E-state index is 0.149. The molecule has 0 unspecified atom stereocenters. The van der Waals surface area contributed by atoms with Crippen molar-refractivity contribution in [2.45, 2.75) is 79.2 Å². The van der Waals surface area contributed by atoms with E-state index < -0.39 is 5.60 Å². The third-order valence-electron chi connectivity index (χ3n) is 4.00. The standard InChI is InChI=1S/C19H32N2O3/c1-18(2,3)12-13-9-14(10-13)16(21-23)11-15(20)7-8-17(22)24-19(4,5)6/h11,13-14,20H,7-10,12H2,1-6H3/b16-11-,20-15?/t13-,14+. The van der Waals surface area contributed by atoms with Crippen molar-refractivity contribution in [2.24, 2.45) is 22.4 Å². The zero-order valence-corrected chi connectivity index (χ0v) is 15.9. The van der Waals surface area contributed by atoms with Gasteiger partial charge in [-0.1, -0.05) is 20.8 Å². The molecule has 1 N–H and O–H groups in total. The lowest BCUT2D eigenvalue weighted by Crippen LogP contribution is -2.28. The second kappa shape index (κ2) is 8.04. The van der Waals surface area contributed by atoms with Crippen LogP contribution in [-0.2, 0) is 9.53 Å². The van der Waals surface area contributed by atoms with Gasteiger partial charge in [0.15, 0.2) is 0 Å². The molecule has 0 heterocycles. The number of carbonyl (C=O) groups is 1. The minimum Gasteiger partial charge on any atom is -0.460 e. The third-order valence-corrected chi connectivity index (χ3v) is 4.00. The molecule has 0 bridgehead atoms. The van der Waals surface area contributed by atoms with E-state index in [2.05, 4.69) is 25.9 Å². The molecular formula is C19H32N2O3. The number of nitrogens with zero attached hydrogens (tertiary/aromatic N) is 1. The highest BCUT2D eigenvalue weighted by molar-refractivity contribution is 5.94. The molecule has 0 radical (unpaired) electrons. The van der Waals surface area contributed by atoms with Gasteiger partial charge in [0.2, 0.25) is 0 Å². The lowest BCUT2D eigenvalue weighted by Gasteiger charge is -2.38. The molecule has 1 aliphatic carbocycles. The molecule has 1 rings (SSSR count). The summed E-state index contributed by atoms with van der Waals surface area (Å²) in [7, 11) is 0. The topological polar surface area (TPSA) is 79.6 Å². The van der Waals surface area contributed by atoms with E-state index in [0.717, 1.165) is 19.3 Å². The van der Waals surface area contributed by atoms with Crippen molar-refractivity contribution in [3.8, 4) is 0 Å². The fraction of sp³-hybridized carbons (Fsp3) is 0.789. The molecule has 0 aromatic rings. The number of esters is 1. The minimum atomic E-state index is -0.515. The molecule has 0 aromatic carbocycles. The van der Waals surface area contributed by atoms with Crippen LogP contribution in [0.3, 0.4) is 0 Å². The van der Waals surface area contributed by atoms with Crippen LogP contribution in [0.25, 0.3) is 0 Å². The maximum absolute atomic E-state index is 11.7. The van der Waals surface area contributed by atoms with Crippen LogP contribution in [0.2, 0.25) is 0 Å². The summed E-state index contributed by atoms with van der Waals surface area (Å²) in [5.74, 6) is 0.475. The number of nitroso groups, excluding NO2 is 1. The molecule has 0 atom stereocenters. The maximum Gasteiger partial charge on any atom is 0.306 e. The SMILES string of the molecule is CC(C)(C)C[C@H]1C[C@@H](/C(=C/C(=N)CCC(=O)OC(C)(C)C)N=O)C1. The van der Waals surface area contributed by atoms with Crippen molar-refractivity contribution in [3.63, 3.8) is 0 Å². The van der Waals surface area contributed by atoms with Crippen LogP contribution >= 0.6 is 0 Å². The molecule has 1 fully saturated rings. The summed E-state index contributed by atoms with van der Waals surface area (Å²) in [6.45, 7) is 12.1. The molecule has 0 aromatic heterocycles. The Morgan fingerprint density at radius 2 is 1.75 bits per heavy atom. The normalized spacial score (nSPS) is 21.8. The fourth-order valence-electron chi connectivity index (χ4n) is 3.11. The fourth-order valence-corrected chi connectivity index (χ4v) is 3.11. The molecular weight excluding hydrogens is 304 g/mol. The molecule has 5 nitrogen and oxygen atoms in total. The Hall–Kier alpha value is -1.52. The second-order valence-electron chi connectivity index (χ2n) is 9.07. The molecule has 0 spiro atoms. The monoisotopic (exact) mass is 336 g/mol. The van der Waals surface area contributed by atoms with Crippen LogP contribution in [0.5, 0.6) is 0 Å². The lowest BCUT2D eigenvalue weighted by molar-refractivity contribution is -0.154. The molecule has 1 saturated carbocycles. The number of rotatable bonds is 7. The van der Waals surface area contributed by atoms with Gasteiger partial charge in [-0.15, -0.1) is 4.91 Å². The van der Waals surface area contributed by atoms with Gasteiger partial charge in [0.1, 0.15) is 5.60 Å². The Kier molecular flexibility index (Phi) is 6.87.